The molecule has 2 fully saturated rings. The van der Waals surface area contributed by atoms with Gasteiger partial charge in [-0.05, 0) is 11.6 Å². The van der Waals surface area contributed by atoms with Crippen LogP contribution in [0.4, 0.5) is 0 Å². The molecule has 3 amide bonds. The molecule has 1 aromatic carbocycles. The number of aromatic nitrogens is 1. The molecule has 2 aliphatic heterocycles. The Hall–Kier alpha value is -2.48. The van der Waals surface area contributed by atoms with Crippen molar-refractivity contribution >= 4 is 40.4 Å². The number of hydrogen-bond donors (Lipinski definition) is 1. The SMILES string of the molecule is O=C(Cc1c[nH]c2ccccc12)N1CCN(C(=O)CN2CSCC2=O)CC1. The summed E-state index contributed by atoms with van der Waals surface area (Å²) >= 11 is 1.54. The number of amides is 3. The molecule has 0 atom stereocenters. The van der Waals surface area contributed by atoms with Gasteiger partial charge in [-0.25, -0.2) is 0 Å². The lowest BCUT2D eigenvalue weighted by Gasteiger charge is -2.35. The van der Waals surface area contributed by atoms with E-state index in [2.05, 4.69) is 4.98 Å². The summed E-state index contributed by atoms with van der Waals surface area (Å²) in [7, 11) is 0. The fourth-order valence-corrected chi connectivity index (χ4v) is 4.47. The molecule has 1 N–H and O–H groups in total. The van der Waals surface area contributed by atoms with Crippen LogP contribution in [0.5, 0.6) is 0 Å². The second-order valence-electron chi connectivity index (χ2n) is 6.87. The first-order chi connectivity index (χ1) is 13.1. The molecule has 0 unspecified atom stereocenters. The Kier molecular flexibility index (Phi) is 5.07. The molecule has 3 heterocycles. The maximum Gasteiger partial charge on any atom is 0.242 e. The van der Waals surface area contributed by atoms with Gasteiger partial charge in [0.15, 0.2) is 0 Å². The molecule has 1 aromatic heterocycles. The van der Waals surface area contributed by atoms with E-state index in [0.717, 1.165) is 16.5 Å². The second kappa shape index (κ2) is 7.64. The van der Waals surface area contributed by atoms with Gasteiger partial charge in [0.05, 0.1) is 18.1 Å². The van der Waals surface area contributed by atoms with Crippen LogP contribution in [-0.4, -0.2) is 81.8 Å². The summed E-state index contributed by atoms with van der Waals surface area (Å²) in [5.41, 5.74) is 2.03. The van der Waals surface area contributed by atoms with Crippen LogP contribution >= 0.6 is 11.8 Å². The van der Waals surface area contributed by atoms with Crippen molar-refractivity contribution in [2.75, 3.05) is 44.4 Å². The lowest BCUT2D eigenvalue weighted by atomic mass is 10.1. The van der Waals surface area contributed by atoms with E-state index in [1.54, 1.807) is 9.80 Å². The maximum absolute atomic E-state index is 12.7. The van der Waals surface area contributed by atoms with Crippen molar-refractivity contribution in [3.8, 4) is 0 Å². The van der Waals surface area contributed by atoms with Gasteiger partial charge in [0.25, 0.3) is 0 Å². The minimum absolute atomic E-state index is 0.0286. The summed E-state index contributed by atoms with van der Waals surface area (Å²) in [5, 5.41) is 1.08. The van der Waals surface area contributed by atoms with E-state index < -0.39 is 0 Å². The van der Waals surface area contributed by atoms with Gasteiger partial charge in [0, 0.05) is 43.3 Å². The Morgan fingerprint density at radius 1 is 1.04 bits per heavy atom. The first kappa shape index (κ1) is 17.9. The molecule has 8 heteroatoms. The van der Waals surface area contributed by atoms with Crippen LogP contribution in [0.25, 0.3) is 10.9 Å². The van der Waals surface area contributed by atoms with Crippen LogP contribution < -0.4 is 0 Å². The van der Waals surface area contributed by atoms with Crippen LogP contribution in [0, 0.1) is 0 Å². The predicted octanol–water partition coefficient (Wildman–Crippen LogP) is 0.914. The fourth-order valence-electron chi connectivity index (χ4n) is 3.56. The number of thioether (sulfide) groups is 1. The summed E-state index contributed by atoms with van der Waals surface area (Å²) in [6.07, 6.45) is 2.25. The van der Waals surface area contributed by atoms with E-state index in [9.17, 15) is 14.4 Å². The van der Waals surface area contributed by atoms with Gasteiger partial charge in [0.1, 0.15) is 6.54 Å². The second-order valence-corrected chi connectivity index (χ2v) is 7.82. The fraction of sp³-hybridized carbons (Fsp3) is 0.421. The smallest absolute Gasteiger partial charge is 0.242 e. The van der Waals surface area contributed by atoms with E-state index >= 15 is 0 Å². The Balaban J connectivity index is 1.30. The number of H-pyrrole nitrogens is 1. The van der Waals surface area contributed by atoms with Crippen LogP contribution in [0.15, 0.2) is 30.5 Å². The summed E-state index contributed by atoms with van der Waals surface area (Å²) in [4.78, 5) is 45.1. The van der Waals surface area contributed by atoms with Crippen LogP contribution in [0.3, 0.4) is 0 Å². The van der Waals surface area contributed by atoms with E-state index in [1.165, 1.54) is 11.8 Å². The molecule has 4 rings (SSSR count). The third-order valence-electron chi connectivity index (χ3n) is 5.15. The quantitative estimate of drug-likeness (QED) is 0.848. The van der Waals surface area contributed by atoms with Crippen LogP contribution in [-0.2, 0) is 20.8 Å². The zero-order valence-electron chi connectivity index (χ0n) is 15.0. The van der Waals surface area contributed by atoms with Gasteiger partial charge in [-0.15, -0.1) is 11.8 Å². The highest BCUT2D eigenvalue weighted by molar-refractivity contribution is 8.00. The van der Waals surface area contributed by atoms with E-state index in [0.29, 0.717) is 44.2 Å². The first-order valence-electron chi connectivity index (χ1n) is 9.08. The summed E-state index contributed by atoms with van der Waals surface area (Å²) in [5.74, 6) is 1.13. The monoisotopic (exact) mass is 386 g/mol. The number of rotatable bonds is 4. The van der Waals surface area contributed by atoms with Crippen molar-refractivity contribution in [1.82, 2.24) is 19.7 Å². The lowest BCUT2D eigenvalue weighted by molar-refractivity contribution is -0.142. The molecule has 142 valence electrons. The molecule has 0 bridgehead atoms. The molecule has 0 saturated carbocycles. The molecule has 7 nitrogen and oxygen atoms in total. The molecule has 0 radical (unpaired) electrons. The lowest BCUT2D eigenvalue weighted by Crippen LogP contribution is -2.53. The molecule has 0 spiro atoms. The minimum atomic E-state index is -0.0328. The summed E-state index contributed by atoms with van der Waals surface area (Å²) in [6.45, 7) is 2.27. The highest BCUT2D eigenvalue weighted by Crippen LogP contribution is 2.19. The van der Waals surface area contributed by atoms with Crippen molar-refractivity contribution in [1.29, 1.82) is 0 Å². The van der Waals surface area contributed by atoms with E-state index in [-0.39, 0.29) is 24.3 Å². The van der Waals surface area contributed by atoms with Gasteiger partial charge in [-0.2, -0.15) is 0 Å². The molecule has 0 aliphatic carbocycles. The standard InChI is InChI=1S/C19H22N4O3S/c24-17(9-14-10-20-16-4-2-1-3-15(14)16)21-5-7-22(8-6-21)18(25)11-23-13-27-12-19(23)26/h1-4,10,20H,5-9,11-13H2. The van der Waals surface area contributed by atoms with Crippen molar-refractivity contribution in [2.45, 2.75) is 6.42 Å². The third-order valence-corrected chi connectivity index (χ3v) is 6.10. The largest absolute Gasteiger partial charge is 0.361 e. The normalized spacial score (nSPS) is 17.8. The number of piperazine rings is 1. The summed E-state index contributed by atoms with van der Waals surface area (Å²) < 4.78 is 0. The van der Waals surface area contributed by atoms with Gasteiger partial charge in [-0.3, -0.25) is 14.4 Å². The number of fused-ring (bicyclic) bond motifs is 1. The van der Waals surface area contributed by atoms with Gasteiger partial charge in [0.2, 0.25) is 17.7 Å². The molecule has 27 heavy (non-hydrogen) atoms. The molecular formula is C19H22N4O3S. The topological polar surface area (TPSA) is 76.7 Å². The number of benzene rings is 1. The Labute approximate surface area is 161 Å². The average molecular weight is 386 g/mol. The molecule has 2 aliphatic rings. The predicted molar refractivity (Wildman–Crippen MR) is 104 cm³/mol. The van der Waals surface area contributed by atoms with Crippen molar-refractivity contribution in [3.63, 3.8) is 0 Å². The number of carbonyl (C=O) groups excluding carboxylic acids is 3. The van der Waals surface area contributed by atoms with E-state index in [1.807, 2.05) is 35.4 Å². The molecule has 2 saturated heterocycles. The van der Waals surface area contributed by atoms with E-state index in [4.69, 9.17) is 0 Å². The van der Waals surface area contributed by atoms with Crippen LogP contribution in [0.2, 0.25) is 0 Å². The Morgan fingerprint density at radius 3 is 2.44 bits per heavy atom. The minimum Gasteiger partial charge on any atom is -0.361 e. The zero-order chi connectivity index (χ0) is 18.8. The summed E-state index contributed by atoms with van der Waals surface area (Å²) in [6, 6.07) is 7.95. The van der Waals surface area contributed by atoms with Crippen molar-refractivity contribution in [3.05, 3.63) is 36.0 Å². The van der Waals surface area contributed by atoms with Gasteiger partial charge >= 0.3 is 0 Å². The Bertz CT molecular complexity index is 873. The number of nitrogens with zero attached hydrogens (tertiary/aromatic N) is 3. The van der Waals surface area contributed by atoms with Crippen LogP contribution in [0.1, 0.15) is 5.56 Å². The number of para-hydroxylation sites is 1. The number of carbonyl (C=O) groups is 3. The highest BCUT2D eigenvalue weighted by atomic mass is 32.2. The van der Waals surface area contributed by atoms with Gasteiger partial charge < -0.3 is 19.7 Å². The third kappa shape index (κ3) is 3.80. The number of nitrogens with one attached hydrogen (secondary N) is 1. The molecular weight excluding hydrogens is 364 g/mol. The first-order valence-corrected chi connectivity index (χ1v) is 10.2. The molecule has 2 aromatic rings. The number of aromatic amines is 1. The Morgan fingerprint density at radius 2 is 1.74 bits per heavy atom. The van der Waals surface area contributed by atoms with Gasteiger partial charge in [-0.1, -0.05) is 18.2 Å². The van der Waals surface area contributed by atoms with Crippen molar-refractivity contribution in [2.24, 2.45) is 0 Å². The maximum atomic E-state index is 12.7. The van der Waals surface area contributed by atoms with Crippen molar-refractivity contribution < 1.29 is 14.4 Å². The number of hydrogen-bond acceptors (Lipinski definition) is 4. The zero-order valence-corrected chi connectivity index (χ0v) is 15.8. The highest BCUT2D eigenvalue weighted by Gasteiger charge is 2.28. The average Bonchev–Trinajstić information content (AvgIpc) is 3.28.